The maximum atomic E-state index is 11.9. The van der Waals surface area contributed by atoms with E-state index in [2.05, 4.69) is 6.58 Å². The lowest BCUT2D eigenvalue weighted by Crippen LogP contribution is -2.44. The molecule has 0 amide bonds. The maximum Gasteiger partial charge on any atom is 0.335 e. The summed E-state index contributed by atoms with van der Waals surface area (Å²) < 4.78 is 27.0. The SMILES string of the molecule is C=C(C)OCc1ccc(OC2CC(OC(C)=O)CC(C(=O)OC)O2)c(C)c1.CC. The number of esters is 2. The molecule has 1 aromatic carbocycles. The first-order valence-corrected chi connectivity index (χ1v) is 9.73. The number of rotatable bonds is 7. The predicted molar refractivity (Wildman–Crippen MR) is 108 cm³/mol. The Morgan fingerprint density at radius 2 is 1.90 bits per heavy atom. The number of ether oxygens (including phenoxy) is 5. The number of allylic oxidation sites excluding steroid dienone is 1. The van der Waals surface area contributed by atoms with Crippen LogP contribution in [0.3, 0.4) is 0 Å². The Labute approximate surface area is 172 Å². The van der Waals surface area contributed by atoms with Gasteiger partial charge in [0, 0.05) is 19.8 Å². The van der Waals surface area contributed by atoms with Crippen molar-refractivity contribution in [3.8, 4) is 5.75 Å². The molecule has 0 N–H and O–H groups in total. The summed E-state index contributed by atoms with van der Waals surface area (Å²) in [6, 6.07) is 5.65. The van der Waals surface area contributed by atoms with Gasteiger partial charge in [-0.3, -0.25) is 4.79 Å². The summed E-state index contributed by atoms with van der Waals surface area (Å²) in [5, 5.41) is 0. The number of hydrogen-bond donors (Lipinski definition) is 0. The van der Waals surface area contributed by atoms with Gasteiger partial charge in [0.1, 0.15) is 18.5 Å². The van der Waals surface area contributed by atoms with Crippen molar-refractivity contribution in [3.63, 3.8) is 0 Å². The van der Waals surface area contributed by atoms with E-state index < -0.39 is 30.4 Å². The van der Waals surface area contributed by atoms with Gasteiger partial charge >= 0.3 is 11.9 Å². The molecule has 0 spiro atoms. The number of carbonyl (C=O) groups is 2. The van der Waals surface area contributed by atoms with Gasteiger partial charge < -0.3 is 23.7 Å². The Hall–Kier alpha value is -2.54. The highest BCUT2D eigenvalue weighted by atomic mass is 16.7. The monoisotopic (exact) mass is 408 g/mol. The fourth-order valence-corrected chi connectivity index (χ4v) is 2.82. The van der Waals surface area contributed by atoms with Gasteiger partial charge in [-0.15, -0.1) is 0 Å². The minimum absolute atomic E-state index is 0.238. The molecule has 162 valence electrons. The molecule has 2 rings (SSSR count). The zero-order valence-corrected chi connectivity index (χ0v) is 18.2. The van der Waals surface area contributed by atoms with Gasteiger partial charge in [-0.05, 0) is 37.1 Å². The fourth-order valence-electron chi connectivity index (χ4n) is 2.82. The molecule has 1 fully saturated rings. The second kappa shape index (κ2) is 12.1. The van der Waals surface area contributed by atoms with E-state index in [0.29, 0.717) is 24.5 Å². The molecular formula is C22H32O7. The summed E-state index contributed by atoms with van der Waals surface area (Å²) in [4.78, 5) is 23.2. The van der Waals surface area contributed by atoms with Crippen LogP contribution in [0.1, 0.15) is 51.7 Å². The van der Waals surface area contributed by atoms with Crippen molar-refractivity contribution < 1.29 is 33.3 Å². The molecule has 0 radical (unpaired) electrons. The third kappa shape index (κ3) is 8.15. The molecule has 7 heteroatoms. The van der Waals surface area contributed by atoms with Crippen molar-refractivity contribution in [2.45, 2.75) is 72.6 Å². The van der Waals surface area contributed by atoms with Crippen LogP contribution in [-0.4, -0.2) is 37.5 Å². The topological polar surface area (TPSA) is 80.3 Å². The van der Waals surface area contributed by atoms with E-state index in [9.17, 15) is 9.59 Å². The third-order valence-corrected chi connectivity index (χ3v) is 4.03. The molecule has 1 aromatic rings. The third-order valence-electron chi connectivity index (χ3n) is 4.03. The van der Waals surface area contributed by atoms with Crippen LogP contribution in [0.5, 0.6) is 5.75 Å². The van der Waals surface area contributed by atoms with Gasteiger partial charge in [0.15, 0.2) is 6.10 Å². The zero-order chi connectivity index (χ0) is 22.0. The maximum absolute atomic E-state index is 11.9. The summed E-state index contributed by atoms with van der Waals surface area (Å²) >= 11 is 0. The quantitative estimate of drug-likeness (QED) is 0.497. The first-order chi connectivity index (χ1) is 13.8. The largest absolute Gasteiger partial charge is 0.494 e. The average molecular weight is 408 g/mol. The molecule has 1 heterocycles. The minimum atomic E-state index is -0.846. The van der Waals surface area contributed by atoms with Crippen LogP contribution >= 0.6 is 0 Å². The molecule has 29 heavy (non-hydrogen) atoms. The van der Waals surface area contributed by atoms with Gasteiger partial charge in [0.2, 0.25) is 6.29 Å². The Morgan fingerprint density at radius 1 is 1.21 bits per heavy atom. The number of benzene rings is 1. The molecule has 3 atom stereocenters. The van der Waals surface area contributed by atoms with Gasteiger partial charge in [0.25, 0.3) is 0 Å². The molecule has 0 aromatic heterocycles. The van der Waals surface area contributed by atoms with E-state index in [1.54, 1.807) is 6.92 Å². The fraction of sp³-hybridized carbons (Fsp3) is 0.545. The summed E-state index contributed by atoms with van der Waals surface area (Å²) in [6.45, 7) is 13.2. The smallest absolute Gasteiger partial charge is 0.335 e. The number of methoxy groups -OCH3 is 1. The molecule has 3 unspecified atom stereocenters. The predicted octanol–water partition coefficient (Wildman–Crippen LogP) is 4.06. The van der Waals surface area contributed by atoms with E-state index in [0.717, 1.165) is 11.1 Å². The highest BCUT2D eigenvalue weighted by molar-refractivity contribution is 5.74. The zero-order valence-electron chi connectivity index (χ0n) is 18.2. The van der Waals surface area contributed by atoms with Crippen molar-refractivity contribution in [2.24, 2.45) is 0 Å². The van der Waals surface area contributed by atoms with E-state index >= 15 is 0 Å². The van der Waals surface area contributed by atoms with E-state index in [4.69, 9.17) is 23.7 Å². The summed E-state index contributed by atoms with van der Waals surface area (Å²) in [5.74, 6) is 0.326. The molecule has 0 saturated carbocycles. The summed E-state index contributed by atoms with van der Waals surface area (Å²) in [7, 11) is 1.28. The lowest BCUT2D eigenvalue weighted by atomic mass is 10.0. The van der Waals surface area contributed by atoms with Crippen molar-refractivity contribution in [1.29, 1.82) is 0 Å². The van der Waals surface area contributed by atoms with E-state index in [1.807, 2.05) is 39.0 Å². The first kappa shape index (κ1) is 24.5. The van der Waals surface area contributed by atoms with Crippen LogP contribution in [0.4, 0.5) is 0 Å². The van der Waals surface area contributed by atoms with Crippen LogP contribution in [0.15, 0.2) is 30.5 Å². The first-order valence-electron chi connectivity index (χ1n) is 9.73. The molecular weight excluding hydrogens is 376 g/mol. The molecule has 0 bridgehead atoms. The van der Waals surface area contributed by atoms with E-state index in [-0.39, 0.29) is 6.42 Å². The lowest BCUT2D eigenvalue weighted by Gasteiger charge is -2.33. The molecule has 1 aliphatic heterocycles. The Kier molecular flexibility index (Phi) is 10.2. The van der Waals surface area contributed by atoms with Crippen LogP contribution < -0.4 is 4.74 Å². The van der Waals surface area contributed by atoms with Gasteiger partial charge in [-0.25, -0.2) is 4.79 Å². The van der Waals surface area contributed by atoms with Crippen molar-refractivity contribution in [2.75, 3.05) is 7.11 Å². The summed E-state index contributed by atoms with van der Waals surface area (Å²) in [6.07, 6.45) is -1.49. The average Bonchev–Trinajstić information content (AvgIpc) is 2.68. The minimum Gasteiger partial charge on any atom is -0.494 e. The van der Waals surface area contributed by atoms with Crippen LogP contribution in [0.25, 0.3) is 0 Å². The highest BCUT2D eigenvalue weighted by Crippen LogP contribution is 2.28. The van der Waals surface area contributed by atoms with Crippen LogP contribution in [0, 0.1) is 6.92 Å². The Bertz CT molecular complexity index is 698. The van der Waals surface area contributed by atoms with Gasteiger partial charge in [-0.2, -0.15) is 0 Å². The molecule has 1 aliphatic rings. The highest BCUT2D eigenvalue weighted by Gasteiger charge is 2.37. The lowest BCUT2D eigenvalue weighted by molar-refractivity contribution is -0.204. The standard InChI is InChI=1S/C20H26O7.C2H6/c1-12(2)24-11-15-6-7-17(13(3)8-15)26-19-10-16(25-14(4)21)9-18(27-19)20(22)23-5;1-2/h6-8,16,18-19H,1,9-11H2,2-5H3;1-2H3. The van der Waals surface area contributed by atoms with Gasteiger partial charge in [0.05, 0.1) is 12.9 Å². The van der Waals surface area contributed by atoms with Crippen molar-refractivity contribution in [3.05, 3.63) is 41.7 Å². The second-order valence-electron chi connectivity index (χ2n) is 6.49. The Morgan fingerprint density at radius 3 is 2.45 bits per heavy atom. The van der Waals surface area contributed by atoms with Crippen LogP contribution in [0.2, 0.25) is 0 Å². The van der Waals surface area contributed by atoms with Crippen molar-refractivity contribution in [1.82, 2.24) is 0 Å². The Balaban J connectivity index is 0.00000204. The normalized spacial score (nSPS) is 20.6. The molecule has 0 aliphatic carbocycles. The number of carbonyl (C=O) groups excluding carboxylic acids is 2. The van der Waals surface area contributed by atoms with E-state index in [1.165, 1.54) is 14.0 Å². The molecule has 7 nitrogen and oxygen atoms in total. The second-order valence-corrected chi connectivity index (χ2v) is 6.49. The van der Waals surface area contributed by atoms with Gasteiger partial charge in [-0.1, -0.05) is 26.5 Å². The van der Waals surface area contributed by atoms with Crippen molar-refractivity contribution >= 4 is 11.9 Å². The number of hydrogen-bond acceptors (Lipinski definition) is 7. The molecule has 1 saturated heterocycles. The van der Waals surface area contributed by atoms with Crippen LogP contribution in [-0.2, 0) is 35.1 Å². The number of aryl methyl sites for hydroxylation is 1. The summed E-state index contributed by atoms with van der Waals surface area (Å²) in [5.41, 5.74) is 1.88.